The summed E-state index contributed by atoms with van der Waals surface area (Å²) in [5, 5.41) is 30.7. The van der Waals surface area contributed by atoms with Crippen molar-refractivity contribution >= 4 is 17.0 Å². The maximum atomic E-state index is 12.5. The van der Waals surface area contributed by atoms with Gasteiger partial charge in [0.1, 0.15) is 28.5 Å². The Kier molecular flexibility index (Phi) is 7.69. The van der Waals surface area contributed by atoms with Crippen molar-refractivity contribution in [2.75, 3.05) is 13.1 Å². The van der Waals surface area contributed by atoms with Crippen molar-refractivity contribution in [3.63, 3.8) is 0 Å². The molecule has 1 aliphatic heterocycles. The van der Waals surface area contributed by atoms with Gasteiger partial charge in [-0.2, -0.15) is 0 Å². The first-order chi connectivity index (χ1) is 17.1. The summed E-state index contributed by atoms with van der Waals surface area (Å²) in [5.74, 6) is -0.105. The van der Waals surface area contributed by atoms with E-state index >= 15 is 0 Å². The molecule has 36 heavy (non-hydrogen) atoms. The number of rotatable bonds is 9. The Hall–Kier alpha value is -2.93. The zero-order valence-electron chi connectivity index (χ0n) is 22.2. The van der Waals surface area contributed by atoms with Crippen LogP contribution >= 0.6 is 0 Å². The fourth-order valence-electron chi connectivity index (χ4n) is 5.38. The lowest BCUT2D eigenvalue weighted by molar-refractivity contribution is -0.142. The summed E-state index contributed by atoms with van der Waals surface area (Å²) in [6, 6.07) is 10.9. The molecule has 0 spiro atoms. The van der Waals surface area contributed by atoms with Crippen molar-refractivity contribution in [2.45, 2.75) is 84.1 Å². The highest BCUT2D eigenvalue weighted by Crippen LogP contribution is 2.41. The van der Waals surface area contributed by atoms with E-state index in [4.69, 9.17) is 0 Å². The second-order valence-corrected chi connectivity index (χ2v) is 11.6. The number of carboxylic acid groups (broad SMARTS) is 1. The molecule has 0 bridgehead atoms. The number of carbonyl (C=O) groups is 1. The van der Waals surface area contributed by atoms with Crippen LogP contribution in [0.25, 0.3) is 16.7 Å². The second-order valence-electron chi connectivity index (χ2n) is 11.6. The summed E-state index contributed by atoms with van der Waals surface area (Å²) in [7, 11) is 0. The Labute approximate surface area is 214 Å². The van der Waals surface area contributed by atoms with Crippen molar-refractivity contribution in [2.24, 2.45) is 5.92 Å². The summed E-state index contributed by atoms with van der Waals surface area (Å²) < 4.78 is 0. The van der Waals surface area contributed by atoms with Crippen LogP contribution in [0.1, 0.15) is 83.8 Å². The average molecular weight is 493 g/mol. The minimum atomic E-state index is -0.783. The number of likely N-dealkylation sites (tertiary alicyclic amines) is 1. The first-order valence-electron chi connectivity index (χ1n) is 13.2. The van der Waals surface area contributed by atoms with Crippen LogP contribution in [0.5, 0.6) is 5.75 Å². The molecule has 3 aromatic rings. The number of phenols is 1. The molecule has 0 aliphatic carbocycles. The lowest BCUT2D eigenvalue weighted by Gasteiger charge is -2.27. The largest absolute Gasteiger partial charge is 0.505 e. The van der Waals surface area contributed by atoms with Gasteiger partial charge in [0.15, 0.2) is 0 Å². The molecule has 0 amide bonds. The number of nitrogens with zero attached hydrogens (tertiary/aromatic N) is 4. The molecule has 194 valence electrons. The molecule has 1 fully saturated rings. The predicted octanol–water partition coefficient (Wildman–Crippen LogP) is 5.88. The quantitative estimate of drug-likeness (QED) is 0.362. The number of phenolic OH excluding ortho intramolecular Hbond substituents is 1. The van der Waals surface area contributed by atoms with Gasteiger partial charge in [0.25, 0.3) is 0 Å². The molecule has 1 aliphatic rings. The molecule has 1 aromatic heterocycles. The van der Waals surface area contributed by atoms with E-state index < -0.39 is 12.0 Å². The van der Waals surface area contributed by atoms with Gasteiger partial charge in [-0.3, -0.25) is 9.69 Å². The number of aromatic nitrogens is 3. The van der Waals surface area contributed by atoms with Crippen molar-refractivity contribution in [1.82, 2.24) is 19.9 Å². The molecule has 2 atom stereocenters. The van der Waals surface area contributed by atoms with E-state index in [1.54, 1.807) is 0 Å². The molecule has 7 heteroatoms. The lowest BCUT2D eigenvalue weighted by atomic mass is 9.81. The topological polar surface area (TPSA) is 91.5 Å². The van der Waals surface area contributed by atoms with Crippen LogP contribution in [-0.2, 0) is 10.2 Å². The zero-order valence-corrected chi connectivity index (χ0v) is 22.2. The van der Waals surface area contributed by atoms with Crippen LogP contribution in [-0.4, -0.2) is 55.2 Å². The van der Waals surface area contributed by atoms with Crippen LogP contribution in [0, 0.1) is 5.92 Å². The van der Waals surface area contributed by atoms with Gasteiger partial charge >= 0.3 is 5.97 Å². The Morgan fingerprint density at radius 3 is 2.33 bits per heavy atom. The standard InChI is InChI=1S/C29H40N4O3/c1-19(2)11-7-6-10-15-32-16-14-21(26(32)28(35)36)20-17-22(29(3,4)5)27(34)25(18-20)33-30-23-12-8-9-13-24(23)31-33/h8-9,12-13,17-19,21,26,34H,6-7,10-11,14-16H2,1-5H3,(H,35,36)/t21?,26-/m0/s1. The first kappa shape index (κ1) is 26.1. The molecule has 1 saturated heterocycles. The molecule has 7 nitrogen and oxygen atoms in total. The van der Waals surface area contributed by atoms with E-state index in [-0.39, 0.29) is 17.1 Å². The Morgan fingerprint density at radius 2 is 1.75 bits per heavy atom. The minimum absolute atomic E-state index is 0.137. The molecule has 2 heterocycles. The van der Waals surface area contributed by atoms with Gasteiger partial charge in [-0.25, -0.2) is 0 Å². The van der Waals surface area contributed by atoms with Gasteiger partial charge in [-0.15, -0.1) is 15.0 Å². The van der Waals surface area contributed by atoms with Gasteiger partial charge in [-0.05, 0) is 61.0 Å². The second kappa shape index (κ2) is 10.6. The Balaban J connectivity index is 1.67. The highest BCUT2D eigenvalue weighted by molar-refractivity contribution is 5.76. The normalized spacial score (nSPS) is 18.9. The molecule has 0 saturated carbocycles. The van der Waals surface area contributed by atoms with Crippen molar-refractivity contribution in [3.05, 3.63) is 47.5 Å². The number of aliphatic carboxylic acids is 1. The van der Waals surface area contributed by atoms with Gasteiger partial charge in [-0.1, -0.05) is 72.1 Å². The predicted molar refractivity (Wildman–Crippen MR) is 143 cm³/mol. The van der Waals surface area contributed by atoms with Gasteiger partial charge in [0, 0.05) is 11.5 Å². The molecule has 1 unspecified atom stereocenters. The third-order valence-corrected chi connectivity index (χ3v) is 7.33. The van der Waals surface area contributed by atoms with Crippen molar-refractivity contribution in [1.29, 1.82) is 0 Å². The van der Waals surface area contributed by atoms with Crippen LogP contribution < -0.4 is 0 Å². The summed E-state index contributed by atoms with van der Waals surface area (Å²) in [6.45, 7) is 12.2. The summed E-state index contributed by atoms with van der Waals surface area (Å²) >= 11 is 0. The molecular formula is C29H40N4O3. The van der Waals surface area contributed by atoms with Crippen molar-refractivity contribution < 1.29 is 15.0 Å². The van der Waals surface area contributed by atoms with Crippen LogP contribution in [0.15, 0.2) is 36.4 Å². The fraction of sp³-hybridized carbons (Fsp3) is 0.552. The third kappa shape index (κ3) is 5.56. The van der Waals surface area contributed by atoms with E-state index in [9.17, 15) is 15.0 Å². The van der Waals surface area contributed by atoms with E-state index in [1.807, 2.05) is 36.4 Å². The van der Waals surface area contributed by atoms with Crippen molar-refractivity contribution in [3.8, 4) is 11.4 Å². The Morgan fingerprint density at radius 1 is 1.08 bits per heavy atom. The monoisotopic (exact) mass is 492 g/mol. The Bertz CT molecular complexity index is 1180. The highest BCUT2D eigenvalue weighted by atomic mass is 16.4. The smallest absolute Gasteiger partial charge is 0.321 e. The average Bonchev–Trinajstić information content (AvgIpc) is 3.42. The fourth-order valence-corrected chi connectivity index (χ4v) is 5.38. The third-order valence-electron chi connectivity index (χ3n) is 7.33. The van der Waals surface area contributed by atoms with Gasteiger partial charge in [0.05, 0.1) is 0 Å². The molecule has 2 N–H and O–H groups in total. The summed E-state index contributed by atoms with van der Waals surface area (Å²) in [4.78, 5) is 16.1. The van der Waals surface area contributed by atoms with Crippen LogP contribution in [0.4, 0.5) is 0 Å². The number of unbranched alkanes of at least 4 members (excludes halogenated alkanes) is 2. The van der Waals surface area contributed by atoms with Crippen LogP contribution in [0.2, 0.25) is 0 Å². The molecule has 2 aromatic carbocycles. The maximum Gasteiger partial charge on any atom is 0.321 e. The van der Waals surface area contributed by atoms with Gasteiger partial charge < -0.3 is 10.2 Å². The van der Waals surface area contributed by atoms with E-state index in [0.717, 1.165) is 54.5 Å². The number of hydrogen-bond acceptors (Lipinski definition) is 5. The summed E-state index contributed by atoms with van der Waals surface area (Å²) in [6.07, 6.45) is 5.32. The van der Waals surface area contributed by atoms with Gasteiger partial charge in [0.2, 0.25) is 0 Å². The van der Waals surface area contributed by atoms with E-state index in [2.05, 4.69) is 49.7 Å². The van der Waals surface area contributed by atoms with E-state index in [1.165, 1.54) is 17.6 Å². The molecular weight excluding hydrogens is 452 g/mol. The first-order valence-corrected chi connectivity index (χ1v) is 13.2. The number of aromatic hydroxyl groups is 1. The number of fused-ring (bicyclic) bond motifs is 1. The number of hydrogen-bond donors (Lipinski definition) is 2. The zero-order chi connectivity index (χ0) is 26.0. The summed E-state index contributed by atoms with van der Waals surface area (Å²) in [5.41, 5.74) is 3.33. The highest BCUT2D eigenvalue weighted by Gasteiger charge is 2.40. The number of carboxylic acids is 1. The van der Waals surface area contributed by atoms with Crippen LogP contribution in [0.3, 0.4) is 0 Å². The number of benzene rings is 2. The molecule has 4 rings (SSSR count). The SMILES string of the molecule is CC(C)CCCCCN1CCC(c2cc(-n3nc4ccccc4n3)c(O)c(C(C)(C)C)c2)[C@H]1C(=O)O. The maximum absolute atomic E-state index is 12.5. The lowest BCUT2D eigenvalue weighted by Crippen LogP contribution is -2.39. The molecule has 0 radical (unpaired) electrons. The minimum Gasteiger partial charge on any atom is -0.505 e. The van der Waals surface area contributed by atoms with E-state index in [0.29, 0.717) is 11.6 Å².